The molecule has 0 aliphatic rings. The number of carbonyl (C=O) groups excluding carboxylic acids is 2. The van der Waals surface area contributed by atoms with E-state index in [2.05, 4.69) is 5.32 Å². The zero-order valence-corrected chi connectivity index (χ0v) is 11.2. The second kappa shape index (κ2) is 6.98. The molecule has 0 saturated heterocycles. The molecule has 0 unspecified atom stereocenters. The molecule has 0 saturated carbocycles. The third kappa shape index (κ3) is 4.35. The quantitative estimate of drug-likeness (QED) is 0.765. The van der Waals surface area contributed by atoms with Crippen LogP contribution in [0.4, 0.5) is 5.69 Å². The Morgan fingerprint density at radius 3 is 2.06 bits per heavy atom. The largest absolute Gasteiger partial charge is 0.366 e. The van der Waals surface area contributed by atoms with Gasteiger partial charge in [-0.15, -0.1) is 12.4 Å². The van der Waals surface area contributed by atoms with Gasteiger partial charge < -0.3 is 16.8 Å². The van der Waals surface area contributed by atoms with Gasteiger partial charge in [0.25, 0.3) is 0 Å². The number of anilines is 1. The van der Waals surface area contributed by atoms with Crippen LogP contribution in [0, 0.1) is 5.92 Å². The van der Waals surface area contributed by atoms with Gasteiger partial charge in [-0.2, -0.15) is 0 Å². The van der Waals surface area contributed by atoms with E-state index in [1.54, 1.807) is 24.3 Å². The molecule has 1 atom stereocenters. The predicted octanol–water partition coefficient (Wildman–Crippen LogP) is 1.13. The summed E-state index contributed by atoms with van der Waals surface area (Å²) in [4.78, 5) is 22.5. The van der Waals surface area contributed by atoms with E-state index in [1.807, 2.05) is 13.8 Å². The Kier molecular flexibility index (Phi) is 6.36. The predicted molar refractivity (Wildman–Crippen MR) is 73.7 cm³/mol. The fraction of sp³-hybridized carbons (Fsp3) is 0.333. The minimum absolute atomic E-state index is 0. The maximum absolute atomic E-state index is 11.6. The summed E-state index contributed by atoms with van der Waals surface area (Å²) in [6, 6.07) is 5.79. The van der Waals surface area contributed by atoms with E-state index in [9.17, 15) is 9.59 Å². The van der Waals surface area contributed by atoms with Crippen LogP contribution in [0.15, 0.2) is 24.3 Å². The monoisotopic (exact) mass is 271 g/mol. The fourth-order valence-corrected chi connectivity index (χ4v) is 1.25. The molecule has 1 aromatic carbocycles. The molecule has 2 amide bonds. The second-order valence-corrected chi connectivity index (χ2v) is 4.20. The second-order valence-electron chi connectivity index (χ2n) is 4.20. The van der Waals surface area contributed by atoms with Gasteiger partial charge in [-0.25, -0.2) is 0 Å². The van der Waals surface area contributed by atoms with E-state index in [4.69, 9.17) is 11.5 Å². The standard InChI is InChI=1S/C12H17N3O2.ClH/c1-7(2)10(13)12(17)15-9-5-3-8(4-6-9)11(14)16;/h3-7,10H,13H2,1-2H3,(H2,14,16)(H,15,17);1H/t10-;/m1./s1. The van der Waals surface area contributed by atoms with Gasteiger partial charge in [-0.1, -0.05) is 13.8 Å². The summed E-state index contributed by atoms with van der Waals surface area (Å²) >= 11 is 0. The van der Waals surface area contributed by atoms with Gasteiger partial charge in [0.05, 0.1) is 6.04 Å². The van der Waals surface area contributed by atoms with Crippen molar-refractivity contribution in [3.8, 4) is 0 Å². The molecule has 1 aromatic rings. The Morgan fingerprint density at radius 2 is 1.67 bits per heavy atom. The third-order valence-electron chi connectivity index (χ3n) is 2.46. The maximum Gasteiger partial charge on any atom is 0.248 e. The average molecular weight is 272 g/mol. The van der Waals surface area contributed by atoms with E-state index in [0.29, 0.717) is 11.3 Å². The first-order valence-electron chi connectivity index (χ1n) is 5.38. The molecule has 0 spiro atoms. The molecule has 100 valence electrons. The van der Waals surface area contributed by atoms with Crippen molar-refractivity contribution < 1.29 is 9.59 Å². The van der Waals surface area contributed by atoms with E-state index in [1.165, 1.54) is 0 Å². The van der Waals surface area contributed by atoms with Gasteiger partial charge in [-0.3, -0.25) is 9.59 Å². The highest BCUT2D eigenvalue weighted by Gasteiger charge is 2.17. The lowest BCUT2D eigenvalue weighted by Gasteiger charge is -2.15. The molecule has 0 bridgehead atoms. The van der Waals surface area contributed by atoms with E-state index < -0.39 is 11.9 Å². The Balaban J connectivity index is 0.00000289. The van der Waals surface area contributed by atoms with E-state index in [-0.39, 0.29) is 24.2 Å². The number of hydrogen-bond acceptors (Lipinski definition) is 3. The van der Waals surface area contributed by atoms with Gasteiger partial charge in [0.15, 0.2) is 0 Å². The van der Waals surface area contributed by atoms with Crippen LogP contribution in [-0.2, 0) is 4.79 Å². The van der Waals surface area contributed by atoms with Crippen LogP contribution in [0.2, 0.25) is 0 Å². The molecular weight excluding hydrogens is 254 g/mol. The molecule has 1 rings (SSSR count). The van der Waals surface area contributed by atoms with Gasteiger partial charge >= 0.3 is 0 Å². The molecule has 0 heterocycles. The van der Waals surface area contributed by atoms with E-state index in [0.717, 1.165) is 0 Å². The fourth-order valence-electron chi connectivity index (χ4n) is 1.25. The summed E-state index contributed by atoms with van der Waals surface area (Å²) in [5.41, 5.74) is 11.8. The smallest absolute Gasteiger partial charge is 0.248 e. The van der Waals surface area contributed by atoms with Gasteiger partial charge in [0.2, 0.25) is 11.8 Å². The minimum atomic E-state index is -0.550. The number of amides is 2. The van der Waals surface area contributed by atoms with Crippen LogP contribution in [0.1, 0.15) is 24.2 Å². The number of carbonyl (C=O) groups is 2. The maximum atomic E-state index is 11.6. The normalized spacial score (nSPS) is 11.6. The van der Waals surface area contributed by atoms with Crippen molar-refractivity contribution in [3.63, 3.8) is 0 Å². The molecule has 0 radical (unpaired) electrons. The zero-order chi connectivity index (χ0) is 13.0. The van der Waals surface area contributed by atoms with Crippen molar-refractivity contribution in [1.82, 2.24) is 0 Å². The Labute approximate surface area is 112 Å². The number of nitrogens with two attached hydrogens (primary N) is 2. The van der Waals surface area contributed by atoms with Gasteiger partial charge in [0, 0.05) is 11.3 Å². The first kappa shape index (κ1) is 16.4. The summed E-state index contributed by atoms with van der Waals surface area (Å²) in [5, 5.41) is 2.67. The van der Waals surface area contributed by atoms with Gasteiger partial charge in [-0.05, 0) is 30.2 Å². The molecule has 5 N–H and O–H groups in total. The first-order chi connectivity index (χ1) is 7.91. The summed E-state index contributed by atoms with van der Waals surface area (Å²) in [6.07, 6.45) is 0. The number of primary amides is 1. The topological polar surface area (TPSA) is 98.2 Å². The van der Waals surface area contributed by atoms with E-state index >= 15 is 0 Å². The van der Waals surface area contributed by atoms with Crippen LogP contribution in [-0.4, -0.2) is 17.9 Å². The minimum Gasteiger partial charge on any atom is -0.366 e. The summed E-state index contributed by atoms with van der Waals surface area (Å²) < 4.78 is 0. The highest BCUT2D eigenvalue weighted by molar-refractivity contribution is 5.96. The van der Waals surface area contributed by atoms with Crippen molar-refractivity contribution in [1.29, 1.82) is 0 Å². The van der Waals surface area contributed by atoms with Crippen molar-refractivity contribution in [2.24, 2.45) is 17.4 Å². The zero-order valence-electron chi connectivity index (χ0n) is 10.3. The molecular formula is C12H18ClN3O2. The Hall–Kier alpha value is -1.59. The number of hydrogen-bond donors (Lipinski definition) is 3. The van der Waals surface area contributed by atoms with Crippen molar-refractivity contribution >= 4 is 29.9 Å². The van der Waals surface area contributed by atoms with Crippen LogP contribution >= 0.6 is 12.4 Å². The summed E-state index contributed by atoms with van der Waals surface area (Å²) in [7, 11) is 0. The van der Waals surface area contributed by atoms with Crippen LogP contribution < -0.4 is 16.8 Å². The summed E-state index contributed by atoms with van der Waals surface area (Å²) in [5.74, 6) is -0.673. The van der Waals surface area contributed by atoms with Crippen LogP contribution in [0.5, 0.6) is 0 Å². The number of nitrogens with one attached hydrogen (secondary N) is 1. The lowest BCUT2D eigenvalue weighted by atomic mass is 10.0. The number of benzene rings is 1. The molecule has 6 heteroatoms. The number of halogens is 1. The van der Waals surface area contributed by atoms with Gasteiger partial charge in [0.1, 0.15) is 0 Å². The molecule has 18 heavy (non-hydrogen) atoms. The SMILES string of the molecule is CC(C)[C@@H](N)C(=O)Nc1ccc(C(N)=O)cc1.Cl. The van der Waals surface area contributed by atoms with Crippen molar-refractivity contribution in [2.45, 2.75) is 19.9 Å². The lowest BCUT2D eigenvalue weighted by Crippen LogP contribution is -2.39. The lowest BCUT2D eigenvalue weighted by molar-refractivity contribution is -0.118. The molecule has 0 aliphatic heterocycles. The highest BCUT2D eigenvalue weighted by Crippen LogP contribution is 2.10. The molecule has 0 fully saturated rings. The highest BCUT2D eigenvalue weighted by atomic mass is 35.5. The Morgan fingerprint density at radius 1 is 1.17 bits per heavy atom. The summed E-state index contributed by atoms with van der Waals surface area (Å²) in [6.45, 7) is 3.75. The number of rotatable bonds is 4. The molecule has 0 aliphatic carbocycles. The van der Waals surface area contributed by atoms with Crippen molar-refractivity contribution in [3.05, 3.63) is 29.8 Å². The third-order valence-corrected chi connectivity index (χ3v) is 2.46. The van der Waals surface area contributed by atoms with Crippen molar-refractivity contribution in [2.75, 3.05) is 5.32 Å². The first-order valence-corrected chi connectivity index (χ1v) is 5.38. The Bertz CT molecular complexity index is 418. The molecule has 5 nitrogen and oxygen atoms in total. The van der Waals surface area contributed by atoms with Crippen LogP contribution in [0.25, 0.3) is 0 Å². The van der Waals surface area contributed by atoms with Crippen LogP contribution in [0.3, 0.4) is 0 Å². The average Bonchev–Trinajstić information content (AvgIpc) is 2.28. The molecule has 0 aromatic heterocycles.